The molecule has 4 aliphatic rings. The molecule has 0 amide bonds. The van der Waals surface area contributed by atoms with Gasteiger partial charge < -0.3 is 4.74 Å². The summed E-state index contributed by atoms with van der Waals surface area (Å²) in [6.07, 6.45) is 44.8. The summed E-state index contributed by atoms with van der Waals surface area (Å²) in [6.45, 7) is 15.1. The molecule has 9 atom stereocenters. The van der Waals surface area contributed by atoms with Crippen molar-refractivity contribution in [2.75, 3.05) is 0 Å². The third kappa shape index (κ3) is 12.9. The van der Waals surface area contributed by atoms with Crippen LogP contribution in [0.2, 0.25) is 0 Å². The minimum absolute atomic E-state index is 0.0891. The van der Waals surface area contributed by atoms with Crippen LogP contribution in [0.15, 0.2) is 12.2 Å². The van der Waals surface area contributed by atoms with Crippen molar-refractivity contribution in [2.45, 2.75) is 240 Å². The minimum atomic E-state index is 0.0891. The van der Waals surface area contributed by atoms with Crippen LogP contribution >= 0.6 is 0 Å². The lowest BCUT2D eigenvalue weighted by Gasteiger charge is -2.61. The number of fused-ring (bicyclic) bond motifs is 5. The zero-order valence-electron chi connectivity index (χ0n) is 35.3. The Morgan fingerprint density at radius 2 is 1.24 bits per heavy atom. The van der Waals surface area contributed by atoms with E-state index in [9.17, 15) is 4.79 Å². The molecule has 0 bridgehead atoms. The first-order valence-corrected chi connectivity index (χ1v) is 23.5. The molecule has 0 radical (unpaired) electrons. The first-order chi connectivity index (χ1) is 24.7. The van der Waals surface area contributed by atoms with Crippen molar-refractivity contribution in [3.05, 3.63) is 12.2 Å². The number of carbonyl (C=O) groups excluding carboxylic acids is 1. The molecule has 0 spiro atoms. The van der Waals surface area contributed by atoms with Crippen molar-refractivity contribution in [3.8, 4) is 0 Å². The SMILES string of the molecule is CCCCCCCCC=CCCCCCCCCCCCC(=O)OC1CC[C@@]2(C)C(CC[C@H]3[C@@H]4CC[C@H]([C@H](C)CCCC(C)C)[C@@]4(C)CC[C@@H]32)C1. The van der Waals surface area contributed by atoms with Crippen molar-refractivity contribution in [3.63, 3.8) is 0 Å². The van der Waals surface area contributed by atoms with E-state index in [4.69, 9.17) is 4.74 Å². The highest BCUT2D eigenvalue weighted by molar-refractivity contribution is 5.69. The second-order valence-corrected chi connectivity index (χ2v) is 19.8. The Kier molecular flexibility index (Phi) is 19.0. The second kappa shape index (κ2) is 22.6. The maximum absolute atomic E-state index is 12.9. The van der Waals surface area contributed by atoms with Gasteiger partial charge in [-0.2, -0.15) is 0 Å². The monoisotopic (exact) mass is 709 g/mol. The molecule has 0 aromatic rings. The Morgan fingerprint density at radius 1 is 0.647 bits per heavy atom. The number of hydrogen-bond donors (Lipinski definition) is 0. The Labute approximate surface area is 319 Å². The molecule has 0 N–H and O–H groups in total. The molecular weight excluding hydrogens is 621 g/mol. The smallest absolute Gasteiger partial charge is 0.306 e. The number of rotatable bonds is 25. The zero-order chi connectivity index (χ0) is 36.5. The predicted molar refractivity (Wildman–Crippen MR) is 221 cm³/mol. The van der Waals surface area contributed by atoms with Gasteiger partial charge in [-0.3, -0.25) is 4.79 Å². The number of allylic oxidation sites excluding steroid dienone is 2. The summed E-state index contributed by atoms with van der Waals surface area (Å²) >= 11 is 0. The van der Waals surface area contributed by atoms with Crippen LogP contribution < -0.4 is 0 Å². The highest BCUT2D eigenvalue weighted by Crippen LogP contribution is 2.68. The highest BCUT2D eigenvalue weighted by Gasteiger charge is 2.60. The Morgan fingerprint density at radius 3 is 1.88 bits per heavy atom. The average Bonchev–Trinajstić information content (AvgIpc) is 3.46. The van der Waals surface area contributed by atoms with Crippen LogP contribution in [0.5, 0.6) is 0 Å². The summed E-state index contributed by atoms with van der Waals surface area (Å²) < 4.78 is 6.19. The number of esters is 1. The van der Waals surface area contributed by atoms with Gasteiger partial charge in [0.05, 0.1) is 0 Å². The molecule has 4 aliphatic carbocycles. The van der Waals surface area contributed by atoms with Crippen molar-refractivity contribution in [2.24, 2.45) is 52.3 Å². The van der Waals surface area contributed by atoms with E-state index in [-0.39, 0.29) is 12.1 Å². The lowest BCUT2D eigenvalue weighted by Crippen LogP contribution is -2.54. The van der Waals surface area contributed by atoms with Gasteiger partial charge in [-0.15, -0.1) is 0 Å². The van der Waals surface area contributed by atoms with Gasteiger partial charge in [0.1, 0.15) is 6.10 Å². The quantitative estimate of drug-likeness (QED) is 0.0536. The molecule has 4 saturated carbocycles. The lowest BCUT2D eigenvalue weighted by atomic mass is 9.44. The van der Waals surface area contributed by atoms with E-state index in [1.54, 1.807) is 0 Å². The van der Waals surface area contributed by atoms with Crippen LogP contribution in [0.3, 0.4) is 0 Å². The molecule has 0 aromatic heterocycles. The van der Waals surface area contributed by atoms with Gasteiger partial charge in [-0.1, -0.05) is 150 Å². The fourth-order valence-corrected chi connectivity index (χ4v) is 12.6. The van der Waals surface area contributed by atoms with Gasteiger partial charge in [0.2, 0.25) is 0 Å². The summed E-state index contributed by atoms with van der Waals surface area (Å²) in [5.74, 6) is 6.34. The van der Waals surface area contributed by atoms with Crippen molar-refractivity contribution in [1.82, 2.24) is 0 Å². The Bertz CT molecular complexity index is 983. The molecule has 4 fully saturated rings. The summed E-state index contributed by atoms with van der Waals surface area (Å²) in [6, 6.07) is 0. The fraction of sp³-hybridized carbons (Fsp3) is 0.939. The average molecular weight is 709 g/mol. The van der Waals surface area contributed by atoms with Crippen molar-refractivity contribution in [1.29, 1.82) is 0 Å². The van der Waals surface area contributed by atoms with Gasteiger partial charge in [-0.25, -0.2) is 0 Å². The molecule has 296 valence electrons. The van der Waals surface area contributed by atoms with E-state index in [1.165, 1.54) is 167 Å². The summed E-state index contributed by atoms with van der Waals surface area (Å²) in [5, 5.41) is 0. The first kappa shape index (κ1) is 42.9. The molecule has 2 nitrogen and oxygen atoms in total. The maximum atomic E-state index is 12.9. The number of hydrogen-bond acceptors (Lipinski definition) is 2. The third-order valence-electron chi connectivity index (χ3n) is 15.8. The van der Waals surface area contributed by atoms with Crippen LogP contribution in [0.1, 0.15) is 234 Å². The highest BCUT2D eigenvalue weighted by atomic mass is 16.5. The minimum Gasteiger partial charge on any atom is -0.462 e. The summed E-state index contributed by atoms with van der Waals surface area (Å²) in [5.41, 5.74) is 1.05. The van der Waals surface area contributed by atoms with E-state index in [0.29, 0.717) is 17.3 Å². The van der Waals surface area contributed by atoms with Gasteiger partial charge in [0.15, 0.2) is 0 Å². The van der Waals surface area contributed by atoms with E-state index >= 15 is 0 Å². The van der Waals surface area contributed by atoms with Crippen LogP contribution in [-0.2, 0) is 9.53 Å². The summed E-state index contributed by atoms with van der Waals surface area (Å²) in [7, 11) is 0. The number of carbonyl (C=O) groups is 1. The third-order valence-corrected chi connectivity index (χ3v) is 15.8. The van der Waals surface area contributed by atoms with Crippen molar-refractivity contribution >= 4 is 5.97 Å². The van der Waals surface area contributed by atoms with Crippen LogP contribution in [0, 0.1) is 52.3 Å². The Hall–Kier alpha value is -0.790. The first-order valence-electron chi connectivity index (χ1n) is 23.5. The standard InChI is InChI=1S/C49H88O2/c1-7-8-9-10-11-12-13-14-15-16-17-18-19-20-21-22-23-24-25-29-47(50)51-42-34-36-48(5)41(38-42)30-31-43-45-33-32-44(40(4)28-26-27-39(2)3)49(45,6)37-35-46(43)48/h14-15,39-46H,7-13,16-38H2,1-6H3/t40-,41?,42?,43+,44-,45+,46+,48+,49-/m1/s1. The Balaban J connectivity index is 1.03. The van der Waals surface area contributed by atoms with Gasteiger partial charge in [0.25, 0.3) is 0 Å². The normalized spacial score (nSPS) is 32.5. The molecule has 2 heteroatoms. The predicted octanol–water partition coefficient (Wildman–Crippen LogP) is 15.6. The van der Waals surface area contributed by atoms with Crippen LogP contribution in [0.25, 0.3) is 0 Å². The largest absolute Gasteiger partial charge is 0.462 e. The van der Waals surface area contributed by atoms with Gasteiger partial charge in [-0.05, 0) is 142 Å². The van der Waals surface area contributed by atoms with E-state index in [2.05, 4.69) is 53.7 Å². The van der Waals surface area contributed by atoms with Gasteiger partial charge in [0, 0.05) is 6.42 Å². The molecule has 2 unspecified atom stereocenters. The van der Waals surface area contributed by atoms with E-state index in [0.717, 1.165) is 60.7 Å². The lowest BCUT2D eigenvalue weighted by molar-refractivity contribution is -0.162. The molecule has 51 heavy (non-hydrogen) atoms. The molecule has 4 rings (SSSR count). The molecular formula is C49H88O2. The van der Waals surface area contributed by atoms with Crippen LogP contribution in [0.4, 0.5) is 0 Å². The number of ether oxygens (including phenoxy) is 1. The molecule has 0 heterocycles. The van der Waals surface area contributed by atoms with Crippen molar-refractivity contribution < 1.29 is 9.53 Å². The number of unbranched alkanes of at least 4 members (excludes halogenated alkanes) is 15. The molecule has 0 aliphatic heterocycles. The maximum Gasteiger partial charge on any atom is 0.306 e. The second-order valence-electron chi connectivity index (χ2n) is 19.8. The zero-order valence-corrected chi connectivity index (χ0v) is 35.3. The van der Waals surface area contributed by atoms with Gasteiger partial charge >= 0.3 is 5.97 Å². The topological polar surface area (TPSA) is 26.3 Å². The molecule has 0 aromatic carbocycles. The fourth-order valence-electron chi connectivity index (χ4n) is 12.6. The summed E-state index contributed by atoms with van der Waals surface area (Å²) in [4.78, 5) is 12.9. The molecule has 0 saturated heterocycles. The van der Waals surface area contributed by atoms with E-state index in [1.807, 2.05) is 0 Å². The van der Waals surface area contributed by atoms with Crippen LogP contribution in [-0.4, -0.2) is 12.1 Å². The van der Waals surface area contributed by atoms with E-state index < -0.39 is 0 Å².